The second-order valence-corrected chi connectivity index (χ2v) is 6.06. The number of rotatable bonds is 5. The summed E-state index contributed by atoms with van der Waals surface area (Å²) in [7, 11) is 1.19. The molecule has 1 atom stereocenters. The quantitative estimate of drug-likeness (QED) is 0.353. The predicted octanol–water partition coefficient (Wildman–Crippen LogP) is 2.83. The van der Waals surface area contributed by atoms with Crippen molar-refractivity contribution in [2.75, 3.05) is 13.7 Å². The molecule has 1 fully saturated rings. The lowest BCUT2D eigenvalue weighted by Gasteiger charge is -2.20. The van der Waals surface area contributed by atoms with E-state index in [0.29, 0.717) is 12.0 Å². The summed E-state index contributed by atoms with van der Waals surface area (Å²) in [6.07, 6.45) is 1.10. The summed E-state index contributed by atoms with van der Waals surface area (Å²) in [4.78, 5) is 38.4. The number of amides is 2. The van der Waals surface area contributed by atoms with E-state index < -0.39 is 24.0 Å². The fourth-order valence-corrected chi connectivity index (χ4v) is 2.91. The van der Waals surface area contributed by atoms with Gasteiger partial charge in [0.05, 0.1) is 13.2 Å². The zero-order chi connectivity index (χ0) is 19.2. The number of hydrogen-bond donors (Lipinski definition) is 0. The smallest absolute Gasteiger partial charge is 0.417 e. The third-order valence-electron chi connectivity index (χ3n) is 4.24. The Labute approximate surface area is 157 Å². The molecule has 0 N–H and O–H groups in total. The van der Waals surface area contributed by atoms with E-state index in [1.165, 1.54) is 13.2 Å². The van der Waals surface area contributed by atoms with E-state index in [4.69, 9.17) is 9.47 Å². The molecule has 0 radical (unpaired) electrons. The van der Waals surface area contributed by atoms with E-state index in [-0.39, 0.29) is 12.2 Å². The van der Waals surface area contributed by atoms with Gasteiger partial charge in [0.1, 0.15) is 12.2 Å². The van der Waals surface area contributed by atoms with Crippen LogP contribution >= 0.6 is 0 Å². The Morgan fingerprint density at radius 2 is 1.74 bits per heavy atom. The van der Waals surface area contributed by atoms with Crippen LogP contribution in [-0.4, -0.2) is 42.6 Å². The SMILES string of the molecule is COC(=O)/C(=C/c1ccccc1)C(=O)N1C(=O)OC[C@@H]1Cc1ccccc1. The summed E-state index contributed by atoms with van der Waals surface area (Å²) < 4.78 is 9.82. The second-order valence-electron chi connectivity index (χ2n) is 6.06. The first-order valence-corrected chi connectivity index (χ1v) is 8.49. The van der Waals surface area contributed by atoms with E-state index in [1.54, 1.807) is 24.3 Å². The first-order valence-electron chi connectivity index (χ1n) is 8.49. The van der Waals surface area contributed by atoms with Gasteiger partial charge in [-0.3, -0.25) is 4.79 Å². The number of carbonyl (C=O) groups is 3. The number of hydrogen-bond acceptors (Lipinski definition) is 5. The molecule has 138 valence electrons. The lowest BCUT2D eigenvalue weighted by molar-refractivity contribution is -0.139. The minimum atomic E-state index is -0.804. The van der Waals surface area contributed by atoms with Crippen molar-refractivity contribution < 1.29 is 23.9 Å². The van der Waals surface area contributed by atoms with E-state index in [2.05, 4.69) is 0 Å². The van der Waals surface area contributed by atoms with Gasteiger partial charge in [-0.2, -0.15) is 0 Å². The number of carbonyl (C=O) groups excluding carboxylic acids is 3. The maximum atomic E-state index is 13.0. The number of ether oxygens (including phenoxy) is 2. The van der Waals surface area contributed by atoms with Crippen molar-refractivity contribution in [3.05, 3.63) is 77.4 Å². The fourth-order valence-electron chi connectivity index (χ4n) is 2.91. The number of esters is 1. The molecule has 1 saturated heterocycles. The van der Waals surface area contributed by atoms with Gasteiger partial charge < -0.3 is 9.47 Å². The van der Waals surface area contributed by atoms with Gasteiger partial charge in [0, 0.05) is 0 Å². The highest BCUT2D eigenvalue weighted by molar-refractivity contribution is 6.22. The van der Waals surface area contributed by atoms with Crippen LogP contribution in [0.1, 0.15) is 11.1 Å². The molecule has 2 amide bonds. The molecule has 0 unspecified atom stereocenters. The summed E-state index contributed by atoms with van der Waals surface area (Å²) in [5.41, 5.74) is 1.39. The van der Waals surface area contributed by atoms with Crippen molar-refractivity contribution in [3.63, 3.8) is 0 Å². The molecule has 2 aromatic rings. The van der Waals surface area contributed by atoms with Crippen molar-refractivity contribution >= 4 is 24.0 Å². The third-order valence-corrected chi connectivity index (χ3v) is 4.24. The molecular formula is C21H19NO5. The van der Waals surface area contributed by atoms with Crippen molar-refractivity contribution in [1.82, 2.24) is 4.90 Å². The van der Waals surface area contributed by atoms with Gasteiger partial charge in [0.15, 0.2) is 0 Å². The van der Waals surface area contributed by atoms with Crippen molar-refractivity contribution in [1.29, 1.82) is 0 Å². The van der Waals surface area contributed by atoms with Gasteiger partial charge in [-0.15, -0.1) is 0 Å². The molecule has 6 nitrogen and oxygen atoms in total. The van der Waals surface area contributed by atoms with Gasteiger partial charge >= 0.3 is 12.1 Å². The van der Waals surface area contributed by atoms with Crippen LogP contribution in [0, 0.1) is 0 Å². The predicted molar refractivity (Wildman–Crippen MR) is 98.6 cm³/mol. The lowest BCUT2D eigenvalue weighted by Crippen LogP contribution is -2.42. The average molecular weight is 365 g/mol. The fraction of sp³-hybridized carbons (Fsp3) is 0.190. The Kier molecular flexibility index (Phi) is 5.66. The van der Waals surface area contributed by atoms with Crippen LogP contribution < -0.4 is 0 Å². The zero-order valence-corrected chi connectivity index (χ0v) is 14.8. The Hall–Kier alpha value is -3.41. The number of cyclic esters (lactones) is 1. The number of benzene rings is 2. The lowest BCUT2D eigenvalue weighted by atomic mass is 10.0. The monoisotopic (exact) mass is 365 g/mol. The van der Waals surface area contributed by atoms with E-state index in [0.717, 1.165) is 10.5 Å². The highest BCUT2D eigenvalue weighted by atomic mass is 16.6. The molecule has 1 aliphatic rings. The van der Waals surface area contributed by atoms with Crippen LogP contribution in [0.4, 0.5) is 4.79 Å². The Bertz CT molecular complexity index is 861. The van der Waals surface area contributed by atoms with Crippen molar-refractivity contribution in [3.8, 4) is 0 Å². The van der Waals surface area contributed by atoms with E-state index >= 15 is 0 Å². The minimum absolute atomic E-state index is 0.0826. The number of nitrogens with zero attached hydrogens (tertiary/aromatic N) is 1. The highest BCUT2D eigenvalue weighted by Crippen LogP contribution is 2.21. The maximum Gasteiger partial charge on any atom is 0.417 e. The van der Waals surface area contributed by atoms with Crippen LogP contribution in [0.2, 0.25) is 0 Å². The molecule has 0 saturated carbocycles. The molecule has 2 aromatic carbocycles. The number of methoxy groups -OCH3 is 1. The summed E-state index contributed by atoms with van der Waals surface area (Å²) in [6.45, 7) is 0.0826. The van der Waals surface area contributed by atoms with Crippen molar-refractivity contribution in [2.24, 2.45) is 0 Å². The normalized spacial score (nSPS) is 16.8. The molecule has 1 heterocycles. The van der Waals surface area contributed by atoms with Gasteiger partial charge in [-0.05, 0) is 23.6 Å². The Morgan fingerprint density at radius 1 is 1.11 bits per heavy atom. The summed E-state index contributed by atoms with van der Waals surface area (Å²) >= 11 is 0. The molecule has 6 heteroatoms. The summed E-state index contributed by atoms with van der Waals surface area (Å²) in [6, 6.07) is 17.9. The van der Waals surface area contributed by atoms with E-state index in [1.807, 2.05) is 36.4 Å². The second kappa shape index (κ2) is 8.31. The van der Waals surface area contributed by atoms with Crippen LogP contribution in [0.25, 0.3) is 6.08 Å². The van der Waals surface area contributed by atoms with Gasteiger partial charge in [0.25, 0.3) is 5.91 Å². The molecule has 3 rings (SSSR count). The van der Waals surface area contributed by atoms with Crippen LogP contribution in [-0.2, 0) is 25.5 Å². The third kappa shape index (κ3) is 4.23. The van der Waals surface area contributed by atoms with Crippen LogP contribution in [0.5, 0.6) is 0 Å². The summed E-state index contributed by atoms with van der Waals surface area (Å²) in [5, 5.41) is 0. The van der Waals surface area contributed by atoms with Crippen LogP contribution in [0.15, 0.2) is 66.2 Å². The van der Waals surface area contributed by atoms with Gasteiger partial charge in [0.2, 0.25) is 0 Å². The molecule has 1 aliphatic heterocycles. The van der Waals surface area contributed by atoms with Crippen LogP contribution in [0.3, 0.4) is 0 Å². The van der Waals surface area contributed by atoms with Gasteiger partial charge in [-0.1, -0.05) is 60.7 Å². The Morgan fingerprint density at radius 3 is 2.37 bits per heavy atom. The largest absolute Gasteiger partial charge is 0.465 e. The average Bonchev–Trinajstić information content (AvgIpc) is 3.06. The zero-order valence-electron chi connectivity index (χ0n) is 14.8. The molecule has 0 spiro atoms. The van der Waals surface area contributed by atoms with E-state index in [9.17, 15) is 14.4 Å². The molecular weight excluding hydrogens is 346 g/mol. The molecule has 27 heavy (non-hydrogen) atoms. The molecule has 0 bridgehead atoms. The standard InChI is InChI=1S/C21H19NO5/c1-26-20(24)18(13-16-10-6-3-7-11-16)19(23)22-17(14-27-21(22)25)12-15-8-4-2-5-9-15/h2-11,13,17H,12,14H2,1H3/b18-13+/t17-/m0/s1. The van der Waals surface area contributed by atoms with Crippen molar-refractivity contribution in [2.45, 2.75) is 12.5 Å². The topological polar surface area (TPSA) is 72.9 Å². The van der Waals surface area contributed by atoms with Gasteiger partial charge in [-0.25, -0.2) is 14.5 Å². The number of imide groups is 1. The molecule has 0 aliphatic carbocycles. The minimum Gasteiger partial charge on any atom is -0.465 e. The first-order chi connectivity index (χ1) is 13.1. The first kappa shape index (κ1) is 18.4. The molecule has 0 aromatic heterocycles. The maximum absolute atomic E-state index is 13.0. The summed E-state index contributed by atoms with van der Waals surface area (Å²) in [5.74, 6) is -1.53. The Balaban J connectivity index is 1.90. The highest BCUT2D eigenvalue weighted by Gasteiger charge is 2.40.